The van der Waals surface area contributed by atoms with E-state index in [0.29, 0.717) is 9.92 Å². The summed E-state index contributed by atoms with van der Waals surface area (Å²) in [5.74, 6) is 0. The first kappa shape index (κ1) is 18.3. The number of hydrogen-bond acceptors (Lipinski definition) is 2. The molecule has 0 bridgehead atoms. The van der Waals surface area contributed by atoms with Crippen LogP contribution in [0.1, 0.15) is 33.4 Å². The van der Waals surface area contributed by atoms with E-state index in [9.17, 15) is 4.55 Å². The van der Waals surface area contributed by atoms with Gasteiger partial charge in [-0.1, -0.05) is 60.1 Å². The smallest absolute Gasteiger partial charge is 0.181 e. The second-order valence-electron chi connectivity index (χ2n) is 6.81. The summed E-state index contributed by atoms with van der Waals surface area (Å²) in [6, 6.07) is 20.6. The van der Waals surface area contributed by atoms with Gasteiger partial charge in [-0.25, -0.2) is 0 Å². The molecule has 0 spiro atoms. The Morgan fingerprint density at radius 2 is 1.52 bits per heavy atom. The van der Waals surface area contributed by atoms with E-state index in [1.165, 1.54) is 22.3 Å². The van der Waals surface area contributed by atoms with Crippen LogP contribution in [0.15, 0.2) is 65.6 Å². The summed E-state index contributed by atoms with van der Waals surface area (Å²) >= 11 is 4.79. The normalized spacial score (nSPS) is 14.1. The number of aryl methyl sites for hydroxylation is 3. The van der Waals surface area contributed by atoms with Crippen molar-refractivity contribution >= 4 is 34.6 Å². The van der Waals surface area contributed by atoms with Crippen molar-refractivity contribution in [3.63, 3.8) is 0 Å². The first-order valence-electron chi connectivity index (χ1n) is 8.89. The van der Waals surface area contributed by atoms with Gasteiger partial charge in [0, 0.05) is 16.7 Å². The second kappa shape index (κ2) is 7.53. The third kappa shape index (κ3) is 3.56. The van der Waals surface area contributed by atoms with Crippen molar-refractivity contribution in [2.45, 2.75) is 24.7 Å². The maximum absolute atomic E-state index is 12.1. The molecule has 3 aromatic carbocycles. The number of hydrogen-bond donors (Lipinski definition) is 1. The molecule has 1 atom stereocenters. The fourth-order valence-electron chi connectivity index (χ4n) is 3.68. The molecule has 0 fully saturated rings. The largest absolute Gasteiger partial charge is 0.593 e. The van der Waals surface area contributed by atoms with Gasteiger partial charge in [0.2, 0.25) is 0 Å². The standard InChI is InChI=1S/C23H20ClNOS/c1-15-12-23(27(25)26)18(14-22(15)24)13-21-19-8-4-2-6-16(19)10-11-17-7-3-5-9-20(17)21/h2-9,12-14H,10-11,25H2,1H3. The molecule has 4 rings (SSSR count). The minimum Gasteiger partial charge on any atom is -0.593 e. The number of nitrogens with two attached hydrogens (primary N) is 1. The van der Waals surface area contributed by atoms with Crippen LogP contribution in [0.5, 0.6) is 0 Å². The zero-order chi connectivity index (χ0) is 19.0. The summed E-state index contributed by atoms with van der Waals surface area (Å²) in [4.78, 5) is 0.601. The molecular formula is C23H20ClNOS. The SMILES string of the molecule is Cc1cc([S+](N)[O-])c(C=C2c3ccccc3CCc3ccccc32)cc1Cl. The highest BCUT2D eigenvalue weighted by atomic mass is 35.5. The van der Waals surface area contributed by atoms with Gasteiger partial charge in [0.1, 0.15) is 0 Å². The predicted octanol–water partition coefficient (Wildman–Crippen LogP) is 5.32. The minimum atomic E-state index is -1.59. The molecule has 0 heterocycles. The fourth-order valence-corrected chi connectivity index (χ4v) is 4.50. The summed E-state index contributed by atoms with van der Waals surface area (Å²) in [5.41, 5.74) is 7.82. The Balaban J connectivity index is 2.00. The highest BCUT2D eigenvalue weighted by Gasteiger charge is 2.20. The Kier molecular flexibility index (Phi) is 5.11. The van der Waals surface area contributed by atoms with Gasteiger partial charge in [0.15, 0.2) is 4.90 Å². The molecule has 1 unspecified atom stereocenters. The molecule has 1 aliphatic carbocycles. The quantitative estimate of drug-likeness (QED) is 0.599. The average molecular weight is 394 g/mol. The molecule has 2 N–H and O–H groups in total. The molecule has 0 saturated carbocycles. The Labute approximate surface area is 168 Å². The third-order valence-electron chi connectivity index (χ3n) is 5.09. The second-order valence-corrected chi connectivity index (χ2v) is 8.25. The van der Waals surface area contributed by atoms with E-state index in [0.717, 1.165) is 29.5 Å². The van der Waals surface area contributed by atoms with E-state index in [1.54, 1.807) is 0 Å². The maximum atomic E-state index is 12.1. The van der Waals surface area contributed by atoms with E-state index >= 15 is 0 Å². The first-order valence-corrected chi connectivity index (χ1v) is 10.5. The third-order valence-corrected chi connectivity index (χ3v) is 6.28. The Morgan fingerprint density at radius 3 is 2.07 bits per heavy atom. The van der Waals surface area contributed by atoms with Crippen molar-refractivity contribution in [2.75, 3.05) is 0 Å². The van der Waals surface area contributed by atoms with Crippen molar-refractivity contribution in [1.29, 1.82) is 0 Å². The van der Waals surface area contributed by atoms with Crippen LogP contribution in [0, 0.1) is 6.92 Å². The number of fused-ring (bicyclic) bond motifs is 2. The van der Waals surface area contributed by atoms with Gasteiger partial charge < -0.3 is 4.55 Å². The van der Waals surface area contributed by atoms with Crippen LogP contribution in [-0.2, 0) is 24.2 Å². The topological polar surface area (TPSA) is 49.1 Å². The van der Waals surface area contributed by atoms with Crippen molar-refractivity contribution in [1.82, 2.24) is 0 Å². The number of benzene rings is 3. The van der Waals surface area contributed by atoms with E-state index in [1.807, 2.05) is 19.1 Å². The molecule has 3 aromatic rings. The monoisotopic (exact) mass is 393 g/mol. The van der Waals surface area contributed by atoms with Gasteiger partial charge in [0.25, 0.3) is 0 Å². The molecule has 0 radical (unpaired) electrons. The lowest BCUT2D eigenvalue weighted by molar-refractivity contribution is 0.596. The van der Waals surface area contributed by atoms with Gasteiger partial charge in [-0.15, -0.1) is 5.14 Å². The number of rotatable bonds is 2. The fraction of sp³-hybridized carbons (Fsp3) is 0.130. The zero-order valence-electron chi connectivity index (χ0n) is 15.0. The number of halogens is 1. The van der Waals surface area contributed by atoms with E-state index < -0.39 is 11.4 Å². The molecule has 136 valence electrons. The van der Waals surface area contributed by atoms with Crippen molar-refractivity contribution in [3.8, 4) is 0 Å². The van der Waals surface area contributed by atoms with Crippen molar-refractivity contribution < 1.29 is 4.55 Å². The average Bonchev–Trinajstić information content (AvgIpc) is 2.82. The Hall–Kier alpha value is -2.04. The molecule has 0 saturated heterocycles. The molecule has 0 amide bonds. The molecular weight excluding hydrogens is 374 g/mol. The Morgan fingerprint density at radius 1 is 0.963 bits per heavy atom. The van der Waals surface area contributed by atoms with Crippen LogP contribution in [0.2, 0.25) is 5.02 Å². The molecule has 0 aliphatic heterocycles. The van der Waals surface area contributed by atoms with Crippen molar-refractivity contribution in [3.05, 3.63) is 99.1 Å². The van der Waals surface area contributed by atoms with Crippen LogP contribution < -0.4 is 5.14 Å². The lowest BCUT2D eigenvalue weighted by Gasteiger charge is -2.14. The zero-order valence-corrected chi connectivity index (χ0v) is 16.6. The Bertz CT molecular complexity index is 993. The van der Waals surface area contributed by atoms with E-state index in [4.69, 9.17) is 16.7 Å². The van der Waals surface area contributed by atoms with E-state index in [2.05, 4.69) is 54.6 Å². The molecule has 4 heteroatoms. The molecule has 1 aliphatic rings. The van der Waals surface area contributed by atoms with Crippen LogP contribution >= 0.6 is 11.6 Å². The van der Waals surface area contributed by atoms with Crippen LogP contribution in [0.3, 0.4) is 0 Å². The highest BCUT2D eigenvalue weighted by molar-refractivity contribution is 7.89. The molecule has 0 aromatic heterocycles. The van der Waals surface area contributed by atoms with Gasteiger partial charge in [-0.05, 0) is 65.3 Å². The predicted molar refractivity (Wildman–Crippen MR) is 114 cm³/mol. The molecule has 2 nitrogen and oxygen atoms in total. The van der Waals surface area contributed by atoms with Crippen LogP contribution in [0.4, 0.5) is 0 Å². The lowest BCUT2D eigenvalue weighted by atomic mass is 9.92. The summed E-state index contributed by atoms with van der Waals surface area (Å²) in [6.07, 6.45) is 4.07. The summed E-state index contributed by atoms with van der Waals surface area (Å²) in [5, 5.41) is 6.40. The lowest BCUT2D eigenvalue weighted by Crippen LogP contribution is -2.14. The maximum Gasteiger partial charge on any atom is 0.181 e. The van der Waals surface area contributed by atoms with Gasteiger partial charge in [-0.2, -0.15) is 0 Å². The minimum absolute atomic E-state index is 0.601. The summed E-state index contributed by atoms with van der Waals surface area (Å²) in [7, 11) is 0. The van der Waals surface area contributed by atoms with Gasteiger partial charge in [-0.3, -0.25) is 0 Å². The van der Waals surface area contributed by atoms with E-state index in [-0.39, 0.29) is 0 Å². The first-order chi connectivity index (χ1) is 13.0. The molecule has 27 heavy (non-hydrogen) atoms. The van der Waals surface area contributed by atoms with Crippen molar-refractivity contribution in [2.24, 2.45) is 5.14 Å². The summed E-state index contributed by atoms with van der Waals surface area (Å²) < 4.78 is 12.1. The van der Waals surface area contributed by atoms with Gasteiger partial charge in [0.05, 0.1) is 11.4 Å². The summed E-state index contributed by atoms with van der Waals surface area (Å²) in [6.45, 7) is 1.89. The van der Waals surface area contributed by atoms with Crippen LogP contribution in [0.25, 0.3) is 11.6 Å². The van der Waals surface area contributed by atoms with Crippen LogP contribution in [-0.4, -0.2) is 4.55 Å². The highest BCUT2D eigenvalue weighted by Crippen LogP contribution is 2.36. The van der Waals surface area contributed by atoms with Gasteiger partial charge >= 0.3 is 0 Å².